The third-order valence-electron chi connectivity index (χ3n) is 6.68. The fourth-order valence-electron chi connectivity index (χ4n) is 4.59. The highest BCUT2D eigenvalue weighted by Crippen LogP contribution is 2.25. The van der Waals surface area contributed by atoms with Gasteiger partial charge < -0.3 is 20.6 Å². The summed E-state index contributed by atoms with van der Waals surface area (Å²) in [6.45, 7) is 3.91. The molecule has 0 bridgehead atoms. The van der Waals surface area contributed by atoms with E-state index in [2.05, 4.69) is 48.2 Å². The Hall–Kier alpha value is -4.30. The summed E-state index contributed by atoms with van der Waals surface area (Å²) < 4.78 is 2.09. The molecule has 3 aromatic heterocycles. The van der Waals surface area contributed by atoms with Crippen LogP contribution in [0.5, 0.6) is 0 Å². The van der Waals surface area contributed by atoms with Gasteiger partial charge in [0.15, 0.2) is 5.82 Å². The standard InChI is InChI=1S/C30H33N7O/c1-30(2,31)29(38)34-26(18-22-19-33-25-14-7-6-13-24(22)25)28-36-35-27(16-15-21-10-4-3-5-11-21)37(28)20-23-12-8-9-17-32-23/h3-14,17,19,26,33H,15-16,18,20,31H2,1-2H3,(H,34,38)/t26-/m1/s1. The molecule has 1 amide bonds. The summed E-state index contributed by atoms with van der Waals surface area (Å²) >= 11 is 0. The van der Waals surface area contributed by atoms with E-state index >= 15 is 0 Å². The van der Waals surface area contributed by atoms with Crippen molar-refractivity contribution in [1.82, 2.24) is 30.0 Å². The number of nitrogens with zero attached hydrogens (tertiary/aromatic N) is 4. The van der Waals surface area contributed by atoms with Crippen LogP contribution in [0.2, 0.25) is 0 Å². The lowest BCUT2D eigenvalue weighted by molar-refractivity contribution is -0.126. The van der Waals surface area contributed by atoms with Crippen molar-refractivity contribution in [2.24, 2.45) is 5.73 Å². The number of fused-ring (bicyclic) bond motifs is 1. The van der Waals surface area contributed by atoms with E-state index in [9.17, 15) is 4.79 Å². The molecule has 0 aliphatic carbocycles. The van der Waals surface area contributed by atoms with E-state index in [1.165, 1.54) is 5.56 Å². The molecule has 8 heteroatoms. The second-order valence-electron chi connectivity index (χ2n) is 10.2. The Morgan fingerprint density at radius 3 is 2.53 bits per heavy atom. The molecule has 5 aromatic rings. The summed E-state index contributed by atoms with van der Waals surface area (Å²) in [5.74, 6) is 1.28. The first-order valence-corrected chi connectivity index (χ1v) is 12.9. The smallest absolute Gasteiger partial charge is 0.240 e. The van der Waals surface area contributed by atoms with Gasteiger partial charge in [0.05, 0.1) is 23.8 Å². The monoisotopic (exact) mass is 507 g/mol. The number of aromatic nitrogens is 5. The number of carbonyl (C=O) groups excluding carboxylic acids is 1. The molecule has 0 spiro atoms. The quantitative estimate of drug-likeness (QED) is 0.263. The van der Waals surface area contributed by atoms with Crippen LogP contribution >= 0.6 is 0 Å². The average molecular weight is 508 g/mol. The van der Waals surface area contributed by atoms with Gasteiger partial charge in [-0.1, -0.05) is 54.6 Å². The lowest BCUT2D eigenvalue weighted by Crippen LogP contribution is -2.50. The largest absolute Gasteiger partial charge is 0.361 e. The summed E-state index contributed by atoms with van der Waals surface area (Å²) in [5, 5.41) is 13.5. The fourth-order valence-corrected chi connectivity index (χ4v) is 4.59. The van der Waals surface area contributed by atoms with E-state index in [1.807, 2.05) is 60.8 Å². The van der Waals surface area contributed by atoms with Crippen LogP contribution in [-0.2, 0) is 30.6 Å². The first-order chi connectivity index (χ1) is 18.4. The van der Waals surface area contributed by atoms with Crippen LogP contribution in [0.1, 0.15) is 48.4 Å². The van der Waals surface area contributed by atoms with Gasteiger partial charge in [0.1, 0.15) is 5.82 Å². The number of amides is 1. The van der Waals surface area contributed by atoms with Gasteiger partial charge >= 0.3 is 0 Å². The van der Waals surface area contributed by atoms with Gasteiger partial charge in [0.2, 0.25) is 5.91 Å². The zero-order chi connectivity index (χ0) is 26.5. The van der Waals surface area contributed by atoms with E-state index in [0.717, 1.165) is 34.4 Å². The average Bonchev–Trinajstić information content (AvgIpc) is 3.51. The zero-order valence-corrected chi connectivity index (χ0v) is 21.8. The number of hydrogen-bond acceptors (Lipinski definition) is 5. The van der Waals surface area contributed by atoms with Gasteiger partial charge in [-0.15, -0.1) is 10.2 Å². The molecule has 4 N–H and O–H groups in total. The van der Waals surface area contributed by atoms with Crippen molar-refractivity contribution in [3.63, 3.8) is 0 Å². The summed E-state index contributed by atoms with van der Waals surface area (Å²) in [6, 6.07) is 23.9. The first kappa shape index (κ1) is 25.4. The number of aromatic amines is 1. The fraction of sp³-hybridized carbons (Fsp3) is 0.267. The molecule has 0 fully saturated rings. The number of benzene rings is 2. The third-order valence-corrected chi connectivity index (χ3v) is 6.68. The molecule has 5 rings (SSSR count). The van der Waals surface area contributed by atoms with Crippen LogP contribution in [0.15, 0.2) is 85.2 Å². The van der Waals surface area contributed by atoms with Gasteiger partial charge in [-0.05, 0) is 49.6 Å². The molecule has 194 valence electrons. The van der Waals surface area contributed by atoms with E-state index < -0.39 is 11.6 Å². The molecule has 0 saturated heterocycles. The number of H-pyrrole nitrogens is 1. The maximum atomic E-state index is 13.1. The molecule has 8 nitrogen and oxygen atoms in total. The van der Waals surface area contributed by atoms with E-state index in [4.69, 9.17) is 5.73 Å². The maximum absolute atomic E-state index is 13.1. The van der Waals surface area contributed by atoms with Crippen molar-refractivity contribution < 1.29 is 4.79 Å². The number of nitrogens with two attached hydrogens (primary N) is 1. The van der Waals surface area contributed by atoms with Crippen LogP contribution in [0.3, 0.4) is 0 Å². The Bertz CT molecular complexity index is 1500. The summed E-state index contributed by atoms with van der Waals surface area (Å²) in [4.78, 5) is 21.0. The highest BCUT2D eigenvalue weighted by atomic mass is 16.2. The molecule has 0 unspecified atom stereocenters. The van der Waals surface area contributed by atoms with Crippen LogP contribution in [0, 0.1) is 0 Å². The summed E-state index contributed by atoms with van der Waals surface area (Å²) in [7, 11) is 0. The number of carbonyl (C=O) groups is 1. The molecular weight excluding hydrogens is 474 g/mol. The van der Waals surface area contributed by atoms with Crippen molar-refractivity contribution in [1.29, 1.82) is 0 Å². The molecule has 2 aromatic carbocycles. The Balaban J connectivity index is 1.53. The van der Waals surface area contributed by atoms with Crippen LogP contribution < -0.4 is 11.1 Å². The second-order valence-corrected chi connectivity index (χ2v) is 10.2. The normalized spacial score (nSPS) is 12.5. The van der Waals surface area contributed by atoms with Gasteiger partial charge in [0, 0.05) is 36.1 Å². The molecule has 3 heterocycles. The van der Waals surface area contributed by atoms with E-state index in [-0.39, 0.29) is 5.91 Å². The van der Waals surface area contributed by atoms with Crippen molar-refractivity contribution in [2.75, 3.05) is 0 Å². The van der Waals surface area contributed by atoms with Crippen LogP contribution in [-0.4, -0.2) is 36.2 Å². The van der Waals surface area contributed by atoms with Gasteiger partial charge in [-0.3, -0.25) is 9.78 Å². The zero-order valence-electron chi connectivity index (χ0n) is 21.8. The predicted molar refractivity (Wildman–Crippen MR) is 148 cm³/mol. The number of pyridine rings is 1. The van der Waals surface area contributed by atoms with Crippen LogP contribution in [0.4, 0.5) is 0 Å². The van der Waals surface area contributed by atoms with Gasteiger partial charge in [-0.25, -0.2) is 0 Å². The summed E-state index contributed by atoms with van der Waals surface area (Å²) in [5.41, 5.74) is 9.39. The van der Waals surface area contributed by atoms with Crippen molar-refractivity contribution in [2.45, 2.75) is 51.2 Å². The highest BCUT2D eigenvalue weighted by molar-refractivity contribution is 5.86. The van der Waals surface area contributed by atoms with Crippen molar-refractivity contribution in [3.05, 3.63) is 114 Å². The number of para-hydroxylation sites is 1. The lowest BCUT2D eigenvalue weighted by Gasteiger charge is -2.24. The topological polar surface area (TPSA) is 115 Å². The van der Waals surface area contributed by atoms with Crippen molar-refractivity contribution in [3.8, 4) is 0 Å². The Morgan fingerprint density at radius 2 is 1.76 bits per heavy atom. The SMILES string of the molecule is CC(C)(N)C(=O)N[C@H](Cc1c[nH]c2ccccc12)c1nnc(CCc2ccccc2)n1Cc1ccccn1. The molecule has 0 saturated carbocycles. The number of hydrogen-bond donors (Lipinski definition) is 3. The molecule has 0 aliphatic rings. The number of aryl methyl sites for hydroxylation is 2. The van der Waals surface area contributed by atoms with Crippen LogP contribution in [0.25, 0.3) is 10.9 Å². The Morgan fingerprint density at radius 1 is 1.00 bits per heavy atom. The second kappa shape index (κ2) is 11.0. The maximum Gasteiger partial charge on any atom is 0.240 e. The lowest BCUT2D eigenvalue weighted by atomic mass is 10.0. The molecule has 38 heavy (non-hydrogen) atoms. The number of nitrogens with one attached hydrogen (secondary N) is 2. The summed E-state index contributed by atoms with van der Waals surface area (Å²) in [6.07, 6.45) is 5.85. The molecular formula is C30H33N7O. The first-order valence-electron chi connectivity index (χ1n) is 12.9. The van der Waals surface area contributed by atoms with Gasteiger partial charge in [0.25, 0.3) is 0 Å². The van der Waals surface area contributed by atoms with E-state index in [0.29, 0.717) is 25.2 Å². The Labute approximate surface area is 222 Å². The minimum atomic E-state index is -1.04. The minimum Gasteiger partial charge on any atom is -0.361 e. The van der Waals surface area contributed by atoms with Gasteiger partial charge in [-0.2, -0.15) is 0 Å². The van der Waals surface area contributed by atoms with Crippen molar-refractivity contribution >= 4 is 16.8 Å². The highest BCUT2D eigenvalue weighted by Gasteiger charge is 2.29. The molecule has 1 atom stereocenters. The predicted octanol–water partition coefficient (Wildman–Crippen LogP) is 4.13. The minimum absolute atomic E-state index is 0.249. The third kappa shape index (κ3) is 5.81. The molecule has 0 radical (unpaired) electrons. The molecule has 0 aliphatic heterocycles. The number of rotatable bonds is 10. The van der Waals surface area contributed by atoms with E-state index in [1.54, 1.807) is 20.0 Å². The Kier molecular flexibility index (Phi) is 7.33.